The van der Waals surface area contributed by atoms with Gasteiger partial charge in [0.05, 0.1) is 0 Å². The zero-order valence-electron chi connectivity index (χ0n) is 10.9. The highest BCUT2D eigenvalue weighted by Crippen LogP contribution is 2.23. The first kappa shape index (κ1) is 11.7. The first-order valence-electron chi connectivity index (χ1n) is 6.41. The topological polar surface area (TPSA) is 12.9 Å². The fourth-order valence-corrected chi connectivity index (χ4v) is 2.29. The molecule has 2 aromatic carbocycles. The van der Waals surface area contributed by atoms with E-state index in [0.717, 1.165) is 0 Å². The third-order valence-corrected chi connectivity index (χ3v) is 3.40. The molecule has 0 bridgehead atoms. The highest BCUT2D eigenvalue weighted by Gasteiger charge is 2.00. The van der Waals surface area contributed by atoms with Gasteiger partial charge in [0.15, 0.2) is 0 Å². The number of aryl methyl sites for hydroxylation is 1. The number of pyridine rings is 1. The van der Waals surface area contributed by atoms with Gasteiger partial charge in [-0.3, -0.25) is 4.98 Å². The molecular weight excluding hydrogens is 230 g/mol. The quantitative estimate of drug-likeness (QED) is 0.637. The van der Waals surface area contributed by atoms with Crippen molar-refractivity contribution in [1.82, 2.24) is 4.98 Å². The Balaban J connectivity index is 2.02. The molecule has 0 atom stereocenters. The molecule has 92 valence electrons. The lowest BCUT2D eigenvalue weighted by Crippen LogP contribution is -1.83. The van der Waals surface area contributed by atoms with E-state index in [1.165, 1.54) is 27.5 Å². The molecule has 0 aliphatic heterocycles. The lowest BCUT2D eigenvalue weighted by Gasteiger charge is -2.05. The van der Waals surface area contributed by atoms with E-state index < -0.39 is 0 Å². The number of hydrogen-bond donors (Lipinski definition) is 0. The fourth-order valence-electron chi connectivity index (χ4n) is 2.29. The van der Waals surface area contributed by atoms with Crippen molar-refractivity contribution in [3.8, 4) is 0 Å². The molecule has 0 unspecified atom stereocenters. The van der Waals surface area contributed by atoms with Gasteiger partial charge in [0.25, 0.3) is 0 Å². The number of fused-ring (bicyclic) bond motifs is 1. The normalized spacial score (nSPS) is 11.2. The third kappa shape index (κ3) is 2.41. The van der Waals surface area contributed by atoms with Crippen LogP contribution in [0, 0.1) is 6.92 Å². The minimum Gasteiger partial charge on any atom is -0.265 e. The average molecular weight is 245 g/mol. The lowest BCUT2D eigenvalue weighted by molar-refractivity contribution is 1.32. The van der Waals surface area contributed by atoms with E-state index in [1.807, 2.05) is 24.5 Å². The standard InChI is InChI=1S/C18H15N/c1-14-16(7-6-15-10-12-19-13-11-15)8-9-17-4-2-3-5-18(14)17/h2-13H,1H3/b7-6+. The summed E-state index contributed by atoms with van der Waals surface area (Å²) in [6.45, 7) is 2.18. The first-order chi connectivity index (χ1) is 9.34. The Hall–Kier alpha value is -2.41. The molecular formula is C18H15N. The van der Waals surface area contributed by atoms with Gasteiger partial charge >= 0.3 is 0 Å². The van der Waals surface area contributed by atoms with Crippen molar-refractivity contribution < 1.29 is 0 Å². The number of benzene rings is 2. The molecule has 3 rings (SSSR count). The zero-order chi connectivity index (χ0) is 13.1. The predicted octanol–water partition coefficient (Wildman–Crippen LogP) is 4.71. The van der Waals surface area contributed by atoms with Crippen LogP contribution in [0.3, 0.4) is 0 Å². The van der Waals surface area contributed by atoms with Crippen LogP contribution >= 0.6 is 0 Å². The SMILES string of the molecule is Cc1c(/C=C/c2ccncc2)ccc2ccccc12. The van der Waals surface area contributed by atoms with Crippen LogP contribution in [-0.2, 0) is 0 Å². The molecule has 0 saturated heterocycles. The highest BCUT2D eigenvalue weighted by molar-refractivity contribution is 5.89. The van der Waals surface area contributed by atoms with Crippen molar-refractivity contribution in [3.05, 3.63) is 77.6 Å². The van der Waals surface area contributed by atoms with E-state index >= 15 is 0 Å². The molecule has 0 aliphatic carbocycles. The largest absolute Gasteiger partial charge is 0.265 e. The van der Waals surface area contributed by atoms with E-state index in [-0.39, 0.29) is 0 Å². The van der Waals surface area contributed by atoms with Crippen molar-refractivity contribution in [3.63, 3.8) is 0 Å². The van der Waals surface area contributed by atoms with E-state index in [2.05, 4.69) is 60.5 Å². The van der Waals surface area contributed by atoms with Gasteiger partial charge in [-0.2, -0.15) is 0 Å². The van der Waals surface area contributed by atoms with Crippen LogP contribution in [0.4, 0.5) is 0 Å². The summed E-state index contributed by atoms with van der Waals surface area (Å²) in [7, 11) is 0. The van der Waals surface area contributed by atoms with Crippen molar-refractivity contribution in [2.75, 3.05) is 0 Å². The van der Waals surface area contributed by atoms with Gasteiger partial charge in [-0.1, -0.05) is 48.6 Å². The Morgan fingerprint density at radius 3 is 2.47 bits per heavy atom. The first-order valence-corrected chi connectivity index (χ1v) is 6.41. The summed E-state index contributed by atoms with van der Waals surface area (Å²) >= 11 is 0. The molecule has 0 aliphatic rings. The van der Waals surface area contributed by atoms with E-state index in [1.54, 1.807) is 0 Å². The molecule has 1 nitrogen and oxygen atoms in total. The summed E-state index contributed by atoms with van der Waals surface area (Å²) in [6.07, 6.45) is 7.91. The molecule has 0 spiro atoms. The molecule has 1 aromatic heterocycles. The highest BCUT2D eigenvalue weighted by atomic mass is 14.6. The zero-order valence-corrected chi connectivity index (χ0v) is 10.9. The summed E-state index contributed by atoms with van der Waals surface area (Å²) in [4.78, 5) is 4.02. The second-order valence-electron chi connectivity index (χ2n) is 4.61. The van der Waals surface area contributed by atoms with Crippen molar-refractivity contribution in [1.29, 1.82) is 0 Å². The predicted molar refractivity (Wildman–Crippen MR) is 81.9 cm³/mol. The van der Waals surface area contributed by atoms with Crippen LogP contribution < -0.4 is 0 Å². The molecule has 0 amide bonds. The van der Waals surface area contributed by atoms with Gasteiger partial charge < -0.3 is 0 Å². The summed E-state index contributed by atoms with van der Waals surface area (Å²) in [5.74, 6) is 0. The summed E-state index contributed by atoms with van der Waals surface area (Å²) < 4.78 is 0. The Labute approximate surface area is 113 Å². The van der Waals surface area contributed by atoms with Gasteiger partial charge in [0, 0.05) is 12.4 Å². The Bertz CT molecular complexity index is 727. The Kier molecular flexibility index (Phi) is 3.11. The average Bonchev–Trinajstić information content (AvgIpc) is 2.48. The summed E-state index contributed by atoms with van der Waals surface area (Å²) in [5, 5.41) is 2.61. The maximum absolute atomic E-state index is 4.02. The monoisotopic (exact) mass is 245 g/mol. The number of hydrogen-bond acceptors (Lipinski definition) is 1. The molecule has 0 radical (unpaired) electrons. The molecule has 1 heterocycles. The summed E-state index contributed by atoms with van der Waals surface area (Å²) in [5.41, 5.74) is 3.75. The Morgan fingerprint density at radius 1 is 0.842 bits per heavy atom. The molecule has 0 N–H and O–H groups in total. The van der Waals surface area contributed by atoms with Crippen LogP contribution in [0.2, 0.25) is 0 Å². The number of nitrogens with zero attached hydrogens (tertiary/aromatic N) is 1. The van der Waals surface area contributed by atoms with Gasteiger partial charge in [0.2, 0.25) is 0 Å². The second kappa shape index (κ2) is 5.07. The maximum Gasteiger partial charge on any atom is 0.0273 e. The van der Waals surface area contributed by atoms with Crippen molar-refractivity contribution in [2.24, 2.45) is 0 Å². The van der Waals surface area contributed by atoms with Crippen molar-refractivity contribution >= 4 is 22.9 Å². The molecule has 0 saturated carbocycles. The van der Waals surface area contributed by atoms with Crippen LogP contribution in [0.1, 0.15) is 16.7 Å². The van der Waals surface area contributed by atoms with Crippen LogP contribution in [0.15, 0.2) is 60.9 Å². The van der Waals surface area contributed by atoms with Gasteiger partial charge in [-0.15, -0.1) is 0 Å². The molecule has 3 aromatic rings. The van der Waals surface area contributed by atoms with Crippen LogP contribution in [0.25, 0.3) is 22.9 Å². The van der Waals surface area contributed by atoms with Crippen LogP contribution in [0.5, 0.6) is 0 Å². The number of rotatable bonds is 2. The van der Waals surface area contributed by atoms with E-state index in [9.17, 15) is 0 Å². The Morgan fingerprint density at radius 2 is 1.63 bits per heavy atom. The fraction of sp³-hybridized carbons (Fsp3) is 0.0556. The smallest absolute Gasteiger partial charge is 0.0273 e. The molecule has 19 heavy (non-hydrogen) atoms. The minimum absolute atomic E-state index is 1.17. The van der Waals surface area contributed by atoms with Gasteiger partial charge in [-0.25, -0.2) is 0 Å². The summed E-state index contributed by atoms with van der Waals surface area (Å²) in [6, 6.07) is 16.9. The van der Waals surface area contributed by atoms with Gasteiger partial charge in [0.1, 0.15) is 0 Å². The second-order valence-corrected chi connectivity index (χ2v) is 4.61. The lowest BCUT2D eigenvalue weighted by atomic mass is 9.99. The minimum atomic E-state index is 1.17. The maximum atomic E-state index is 4.02. The van der Waals surface area contributed by atoms with Crippen molar-refractivity contribution in [2.45, 2.75) is 6.92 Å². The van der Waals surface area contributed by atoms with Gasteiger partial charge in [-0.05, 0) is 46.5 Å². The van der Waals surface area contributed by atoms with Crippen LogP contribution in [-0.4, -0.2) is 4.98 Å². The van der Waals surface area contributed by atoms with E-state index in [0.29, 0.717) is 0 Å². The third-order valence-electron chi connectivity index (χ3n) is 3.40. The molecule has 1 heteroatoms. The van der Waals surface area contributed by atoms with E-state index in [4.69, 9.17) is 0 Å². The number of aromatic nitrogens is 1. The molecule has 0 fully saturated rings.